The molecular weight excluding hydrogens is 184 g/mol. The molecule has 0 saturated heterocycles. The second kappa shape index (κ2) is 3.91. The fraction of sp³-hybridized carbons (Fsp3) is 0.846. The number of hydrogen-bond donors (Lipinski definition) is 1. The molecule has 3 rings (SSSR count). The van der Waals surface area contributed by atoms with Crippen molar-refractivity contribution in [3.05, 3.63) is 12.2 Å². The van der Waals surface area contributed by atoms with Crippen molar-refractivity contribution >= 4 is 0 Å². The summed E-state index contributed by atoms with van der Waals surface area (Å²) in [7, 11) is 0. The van der Waals surface area contributed by atoms with Crippen molar-refractivity contribution in [3.8, 4) is 0 Å². The average Bonchev–Trinajstić information content (AvgIpc) is 2.84. The fourth-order valence-electron chi connectivity index (χ4n) is 3.88. The Morgan fingerprint density at radius 2 is 2.07 bits per heavy atom. The Hall–Kier alpha value is -0.340. The first-order chi connectivity index (χ1) is 7.34. The maximum atomic E-state index is 6.34. The Bertz CT molecular complexity index is 259. The molecule has 0 radical (unpaired) electrons. The molecule has 0 aromatic heterocycles. The zero-order chi connectivity index (χ0) is 10.3. The summed E-state index contributed by atoms with van der Waals surface area (Å²) < 4.78 is 0. The third-order valence-electron chi connectivity index (χ3n) is 4.77. The molecule has 1 heterocycles. The van der Waals surface area contributed by atoms with Crippen LogP contribution in [0.3, 0.4) is 0 Å². The lowest BCUT2D eigenvalue weighted by molar-refractivity contribution is 0.184. The van der Waals surface area contributed by atoms with Crippen LogP contribution in [0, 0.1) is 17.8 Å². The number of nitrogens with two attached hydrogens (primary N) is 1. The molecule has 0 amide bonds. The van der Waals surface area contributed by atoms with Crippen molar-refractivity contribution in [1.29, 1.82) is 0 Å². The van der Waals surface area contributed by atoms with Crippen LogP contribution in [0.25, 0.3) is 0 Å². The van der Waals surface area contributed by atoms with E-state index in [9.17, 15) is 0 Å². The number of hydrogen-bond acceptors (Lipinski definition) is 2. The normalized spacial score (nSPS) is 45.1. The monoisotopic (exact) mass is 206 g/mol. The van der Waals surface area contributed by atoms with Crippen LogP contribution in [0.5, 0.6) is 0 Å². The van der Waals surface area contributed by atoms with E-state index in [0.29, 0.717) is 6.04 Å². The van der Waals surface area contributed by atoms with E-state index >= 15 is 0 Å². The first-order valence-corrected chi connectivity index (χ1v) is 6.47. The highest BCUT2D eigenvalue weighted by Crippen LogP contribution is 2.47. The summed E-state index contributed by atoms with van der Waals surface area (Å²) in [5, 5.41) is 0. The highest BCUT2D eigenvalue weighted by molar-refractivity contribution is 5.01. The van der Waals surface area contributed by atoms with Crippen LogP contribution >= 0.6 is 0 Å². The Balaban J connectivity index is 1.61. The maximum Gasteiger partial charge on any atom is 0.0163 e. The zero-order valence-electron chi connectivity index (χ0n) is 9.44. The SMILES string of the molecule is NC1C2CCC(C2)C1CN1CC=CCC1. The summed E-state index contributed by atoms with van der Waals surface area (Å²) in [5.74, 6) is 2.62. The molecule has 2 heteroatoms. The van der Waals surface area contributed by atoms with Crippen molar-refractivity contribution in [3.63, 3.8) is 0 Å². The third-order valence-corrected chi connectivity index (χ3v) is 4.77. The second-order valence-corrected chi connectivity index (χ2v) is 5.59. The predicted octanol–water partition coefficient (Wildman–Crippen LogP) is 1.62. The highest BCUT2D eigenvalue weighted by atomic mass is 15.1. The maximum absolute atomic E-state index is 6.34. The number of fused-ring (bicyclic) bond motifs is 2. The van der Waals surface area contributed by atoms with Gasteiger partial charge in [0, 0.05) is 25.7 Å². The van der Waals surface area contributed by atoms with Crippen LogP contribution in [0.4, 0.5) is 0 Å². The fourth-order valence-corrected chi connectivity index (χ4v) is 3.88. The van der Waals surface area contributed by atoms with Crippen molar-refractivity contribution in [2.75, 3.05) is 19.6 Å². The van der Waals surface area contributed by atoms with Crippen LogP contribution in [-0.4, -0.2) is 30.6 Å². The topological polar surface area (TPSA) is 29.3 Å². The van der Waals surface area contributed by atoms with Crippen LogP contribution in [-0.2, 0) is 0 Å². The van der Waals surface area contributed by atoms with Gasteiger partial charge in [0.25, 0.3) is 0 Å². The Morgan fingerprint density at radius 1 is 1.20 bits per heavy atom. The van der Waals surface area contributed by atoms with Crippen molar-refractivity contribution in [2.45, 2.75) is 31.7 Å². The van der Waals surface area contributed by atoms with Crippen LogP contribution in [0.1, 0.15) is 25.7 Å². The van der Waals surface area contributed by atoms with Crippen LogP contribution < -0.4 is 5.73 Å². The van der Waals surface area contributed by atoms with Crippen molar-refractivity contribution in [2.24, 2.45) is 23.5 Å². The first-order valence-electron chi connectivity index (χ1n) is 6.47. The second-order valence-electron chi connectivity index (χ2n) is 5.59. The van der Waals surface area contributed by atoms with Gasteiger partial charge in [-0.15, -0.1) is 0 Å². The molecule has 2 saturated carbocycles. The minimum Gasteiger partial charge on any atom is -0.327 e. The molecule has 4 unspecified atom stereocenters. The lowest BCUT2D eigenvalue weighted by Gasteiger charge is -2.33. The minimum absolute atomic E-state index is 0.509. The summed E-state index contributed by atoms with van der Waals surface area (Å²) in [6.07, 6.45) is 10.1. The molecule has 0 aromatic carbocycles. The largest absolute Gasteiger partial charge is 0.327 e. The lowest BCUT2D eigenvalue weighted by Crippen LogP contribution is -2.43. The molecule has 0 spiro atoms. The van der Waals surface area contributed by atoms with Crippen molar-refractivity contribution < 1.29 is 0 Å². The number of nitrogens with zero attached hydrogens (tertiary/aromatic N) is 1. The van der Waals surface area contributed by atoms with Gasteiger partial charge >= 0.3 is 0 Å². The van der Waals surface area contributed by atoms with Crippen LogP contribution in [0.15, 0.2) is 12.2 Å². The van der Waals surface area contributed by atoms with E-state index in [1.165, 1.54) is 38.8 Å². The van der Waals surface area contributed by atoms with Gasteiger partial charge in [-0.05, 0) is 43.4 Å². The summed E-state index contributed by atoms with van der Waals surface area (Å²) in [6, 6.07) is 0.509. The van der Waals surface area contributed by atoms with E-state index in [1.807, 2.05) is 0 Å². The van der Waals surface area contributed by atoms with E-state index in [0.717, 1.165) is 24.3 Å². The van der Waals surface area contributed by atoms with E-state index in [1.54, 1.807) is 0 Å². The summed E-state index contributed by atoms with van der Waals surface area (Å²) in [5.41, 5.74) is 6.34. The van der Waals surface area contributed by atoms with E-state index in [2.05, 4.69) is 17.1 Å². The molecule has 2 nitrogen and oxygen atoms in total. The van der Waals surface area contributed by atoms with Gasteiger partial charge in [-0.25, -0.2) is 0 Å². The standard InChI is InChI=1S/C13H22N2/c14-13-11-5-4-10(8-11)12(13)9-15-6-2-1-3-7-15/h1-2,10-13H,3-9,14H2. The average molecular weight is 206 g/mol. The van der Waals surface area contributed by atoms with E-state index < -0.39 is 0 Å². The molecule has 4 atom stereocenters. The van der Waals surface area contributed by atoms with E-state index in [-0.39, 0.29) is 0 Å². The van der Waals surface area contributed by atoms with Gasteiger partial charge in [-0.1, -0.05) is 12.2 Å². The van der Waals surface area contributed by atoms with Gasteiger partial charge in [0.2, 0.25) is 0 Å². The van der Waals surface area contributed by atoms with Gasteiger partial charge in [0.15, 0.2) is 0 Å². The smallest absolute Gasteiger partial charge is 0.0163 e. The third kappa shape index (κ3) is 1.74. The molecule has 2 bridgehead atoms. The number of rotatable bonds is 2. The molecule has 15 heavy (non-hydrogen) atoms. The lowest BCUT2D eigenvalue weighted by atomic mass is 9.84. The predicted molar refractivity (Wildman–Crippen MR) is 62.5 cm³/mol. The van der Waals surface area contributed by atoms with Crippen LogP contribution in [0.2, 0.25) is 0 Å². The Morgan fingerprint density at radius 3 is 2.73 bits per heavy atom. The van der Waals surface area contributed by atoms with Gasteiger partial charge in [-0.2, -0.15) is 0 Å². The molecule has 0 aromatic rings. The molecule has 2 aliphatic carbocycles. The van der Waals surface area contributed by atoms with Gasteiger partial charge in [0.05, 0.1) is 0 Å². The molecular formula is C13H22N2. The molecule has 3 aliphatic rings. The summed E-state index contributed by atoms with van der Waals surface area (Å²) in [4.78, 5) is 2.59. The van der Waals surface area contributed by atoms with Crippen molar-refractivity contribution in [1.82, 2.24) is 4.90 Å². The quantitative estimate of drug-likeness (QED) is 0.696. The Kier molecular flexibility index (Phi) is 2.57. The highest BCUT2D eigenvalue weighted by Gasteiger charge is 2.45. The zero-order valence-corrected chi connectivity index (χ0v) is 9.44. The Labute approximate surface area is 92.5 Å². The molecule has 1 aliphatic heterocycles. The van der Waals surface area contributed by atoms with Gasteiger partial charge < -0.3 is 5.73 Å². The molecule has 2 N–H and O–H groups in total. The molecule has 2 fully saturated rings. The van der Waals surface area contributed by atoms with E-state index in [4.69, 9.17) is 5.73 Å². The van der Waals surface area contributed by atoms with Gasteiger partial charge in [-0.3, -0.25) is 4.90 Å². The minimum atomic E-state index is 0.509. The molecule has 84 valence electrons. The summed E-state index contributed by atoms with van der Waals surface area (Å²) in [6.45, 7) is 3.66. The first kappa shape index (κ1) is 9.86. The summed E-state index contributed by atoms with van der Waals surface area (Å²) >= 11 is 0. The van der Waals surface area contributed by atoms with Gasteiger partial charge in [0.1, 0.15) is 0 Å².